The number of nitrogen functional groups attached to an aromatic ring is 1. The molecule has 2 aromatic rings. The summed E-state index contributed by atoms with van der Waals surface area (Å²) in [6.45, 7) is 2.01. The standard InChI is InChI=1S/C24H30ClN5O2/c25-21-12-15(5-7-27-21)11-18-13-19(26)24(28-23(18)17-3-4-17)29-8-9-30(22(32)6-10-31)20(14-29)16-1-2-16/h5,7,12-13,16-17,20,31H,1-4,6,8-11,14,26H2/t20-/m0/s1. The van der Waals surface area contributed by atoms with E-state index in [2.05, 4.69) is 16.0 Å². The lowest BCUT2D eigenvalue weighted by molar-refractivity contribution is -0.135. The van der Waals surface area contributed by atoms with Crippen LogP contribution in [0.3, 0.4) is 0 Å². The van der Waals surface area contributed by atoms with Gasteiger partial charge in [0.2, 0.25) is 5.91 Å². The number of piperazine rings is 1. The minimum atomic E-state index is -0.0974. The minimum Gasteiger partial charge on any atom is -0.396 e. The van der Waals surface area contributed by atoms with E-state index in [1.807, 2.05) is 17.0 Å². The number of amides is 1. The summed E-state index contributed by atoms with van der Waals surface area (Å²) in [6.07, 6.45) is 7.30. The van der Waals surface area contributed by atoms with Gasteiger partial charge in [-0.25, -0.2) is 9.97 Å². The molecule has 1 aliphatic heterocycles. The van der Waals surface area contributed by atoms with E-state index < -0.39 is 0 Å². The second-order valence-electron chi connectivity index (χ2n) is 9.29. The molecule has 5 rings (SSSR count). The Hall–Kier alpha value is -2.38. The van der Waals surface area contributed by atoms with Crippen LogP contribution in [-0.4, -0.2) is 58.2 Å². The molecule has 8 heteroatoms. The maximum atomic E-state index is 12.5. The molecule has 3 aliphatic rings. The number of aliphatic hydroxyl groups is 1. The van der Waals surface area contributed by atoms with Crippen LogP contribution in [0, 0.1) is 5.92 Å². The zero-order chi connectivity index (χ0) is 22.2. The Morgan fingerprint density at radius 2 is 2.03 bits per heavy atom. The number of aliphatic hydroxyl groups excluding tert-OH is 1. The summed E-state index contributed by atoms with van der Waals surface area (Å²) in [5, 5.41) is 9.71. The summed E-state index contributed by atoms with van der Waals surface area (Å²) in [7, 11) is 0. The van der Waals surface area contributed by atoms with Gasteiger partial charge in [0.05, 0.1) is 18.3 Å². The SMILES string of the molecule is Nc1cc(Cc2ccnc(Cl)c2)c(C2CC2)nc1N1CCN(C(=O)CCO)[C@H](C2CC2)C1. The molecular formula is C24H30ClN5O2. The van der Waals surface area contributed by atoms with Crippen LogP contribution >= 0.6 is 11.6 Å². The Bertz CT molecular complexity index is 1010. The summed E-state index contributed by atoms with van der Waals surface area (Å²) in [6, 6.07) is 6.13. The summed E-state index contributed by atoms with van der Waals surface area (Å²) in [4.78, 5) is 26.0. The van der Waals surface area contributed by atoms with E-state index in [0.29, 0.717) is 35.8 Å². The van der Waals surface area contributed by atoms with Gasteiger partial charge in [-0.05, 0) is 67.3 Å². The first-order valence-electron chi connectivity index (χ1n) is 11.6. The summed E-state index contributed by atoms with van der Waals surface area (Å²) < 4.78 is 0. The highest BCUT2D eigenvalue weighted by Crippen LogP contribution is 2.44. The van der Waals surface area contributed by atoms with Crippen LogP contribution in [0.5, 0.6) is 0 Å². The largest absolute Gasteiger partial charge is 0.396 e. The van der Waals surface area contributed by atoms with Gasteiger partial charge < -0.3 is 20.6 Å². The van der Waals surface area contributed by atoms with E-state index in [1.165, 1.54) is 0 Å². The number of carbonyl (C=O) groups excluding carboxylic acids is 1. The second-order valence-corrected chi connectivity index (χ2v) is 9.68. The van der Waals surface area contributed by atoms with Crippen molar-refractivity contribution in [1.29, 1.82) is 0 Å². The van der Waals surface area contributed by atoms with Crippen molar-refractivity contribution < 1.29 is 9.90 Å². The first kappa shape index (κ1) is 21.5. The molecule has 2 saturated carbocycles. The molecule has 32 heavy (non-hydrogen) atoms. The maximum absolute atomic E-state index is 12.5. The van der Waals surface area contributed by atoms with Crippen molar-refractivity contribution in [2.24, 2.45) is 5.92 Å². The molecule has 2 aromatic heterocycles. The molecule has 1 saturated heterocycles. The maximum Gasteiger partial charge on any atom is 0.225 e. The third-order valence-corrected chi connectivity index (χ3v) is 7.03. The number of hydrogen-bond donors (Lipinski definition) is 2. The number of nitrogens with zero attached hydrogens (tertiary/aromatic N) is 4. The van der Waals surface area contributed by atoms with Gasteiger partial charge in [-0.1, -0.05) is 11.6 Å². The number of rotatable bonds is 7. The van der Waals surface area contributed by atoms with Gasteiger partial charge in [-0.15, -0.1) is 0 Å². The quantitative estimate of drug-likeness (QED) is 0.623. The Balaban J connectivity index is 1.40. The van der Waals surface area contributed by atoms with Gasteiger partial charge in [0.1, 0.15) is 5.15 Å². The number of hydrogen-bond acceptors (Lipinski definition) is 6. The van der Waals surface area contributed by atoms with Crippen LogP contribution in [0.25, 0.3) is 0 Å². The van der Waals surface area contributed by atoms with Crippen LogP contribution < -0.4 is 10.6 Å². The molecule has 0 aromatic carbocycles. The third-order valence-electron chi connectivity index (χ3n) is 6.82. The van der Waals surface area contributed by atoms with Crippen molar-refractivity contribution in [1.82, 2.24) is 14.9 Å². The lowest BCUT2D eigenvalue weighted by Crippen LogP contribution is -2.56. The van der Waals surface area contributed by atoms with Crippen LogP contribution in [-0.2, 0) is 11.2 Å². The Morgan fingerprint density at radius 1 is 1.22 bits per heavy atom. The van der Waals surface area contributed by atoms with E-state index in [4.69, 9.17) is 22.3 Å². The summed E-state index contributed by atoms with van der Waals surface area (Å²) in [5.41, 5.74) is 10.6. The lowest BCUT2D eigenvalue weighted by atomic mass is 10.0. The van der Waals surface area contributed by atoms with Crippen LogP contribution in [0.15, 0.2) is 24.4 Å². The van der Waals surface area contributed by atoms with Crippen LogP contribution in [0.4, 0.5) is 11.5 Å². The first-order chi connectivity index (χ1) is 15.5. The fourth-order valence-corrected chi connectivity index (χ4v) is 5.09. The van der Waals surface area contributed by atoms with Crippen molar-refractivity contribution in [3.8, 4) is 0 Å². The summed E-state index contributed by atoms with van der Waals surface area (Å²) in [5.74, 6) is 1.94. The molecule has 1 atom stereocenters. The molecule has 0 bridgehead atoms. The highest BCUT2D eigenvalue weighted by molar-refractivity contribution is 6.29. The zero-order valence-corrected chi connectivity index (χ0v) is 19.0. The van der Waals surface area contributed by atoms with Crippen LogP contribution in [0.2, 0.25) is 5.15 Å². The van der Waals surface area contributed by atoms with E-state index in [0.717, 1.165) is 61.3 Å². The zero-order valence-electron chi connectivity index (χ0n) is 18.2. The fraction of sp³-hybridized carbons (Fsp3) is 0.542. The predicted octanol–water partition coefficient (Wildman–Crippen LogP) is 2.99. The van der Waals surface area contributed by atoms with Gasteiger partial charge in [0, 0.05) is 43.9 Å². The second kappa shape index (κ2) is 8.87. The summed E-state index contributed by atoms with van der Waals surface area (Å²) >= 11 is 6.08. The number of aromatic nitrogens is 2. The molecule has 1 amide bonds. The van der Waals surface area contributed by atoms with E-state index in [-0.39, 0.29) is 25.0 Å². The molecule has 0 spiro atoms. The highest BCUT2D eigenvalue weighted by Gasteiger charge is 2.41. The number of carbonyl (C=O) groups is 1. The Kier molecular flexibility index (Phi) is 5.95. The monoisotopic (exact) mass is 455 g/mol. The topological polar surface area (TPSA) is 95.6 Å². The molecule has 2 aliphatic carbocycles. The molecule has 3 fully saturated rings. The van der Waals surface area contributed by atoms with E-state index >= 15 is 0 Å². The molecule has 3 N–H and O–H groups in total. The van der Waals surface area contributed by atoms with Gasteiger partial charge >= 0.3 is 0 Å². The normalized spacial score (nSPS) is 21.1. The van der Waals surface area contributed by atoms with Crippen LogP contribution in [0.1, 0.15) is 54.8 Å². The van der Waals surface area contributed by atoms with E-state index in [9.17, 15) is 9.90 Å². The molecule has 7 nitrogen and oxygen atoms in total. The number of pyridine rings is 2. The minimum absolute atomic E-state index is 0.0509. The van der Waals surface area contributed by atoms with Gasteiger partial charge in [0.25, 0.3) is 0 Å². The fourth-order valence-electron chi connectivity index (χ4n) is 4.89. The Labute approximate surface area is 193 Å². The molecule has 3 heterocycles. The smallest absolute Gasteiger partial charge is 0.225 e. The number of anilines is 2. The van der Waals surface area contributed by atoms with Crippen molar-refractivity contribution in [3.05, 3.63) is 46.4 Å². The van der Waals surface area contributed by atoms with Gasteiger partial charge in [0.15, 0.2) is 5.82 Å². The lowest BCUT2D eigenvalue weighted by Gasteiger charge is -2.42. The molecular weight excluding hydrogens is 426 g/mol. The highest BCUT2D eigenvalue weighted by atomic mass is 35.5. The van der Waals surface area contributed by atoms with Crippen molar-refractivity contribution in [2.45, 2.75) is 50.5 Å². The average Bonchev–Trinajstić information content (AvgIpc) is 3.67. The van der Waals surface area contributed by atoms with Crippen molar-refractivity contribution in [3.63, 3.8) is 0 Å². The van der Waals surface area contributed by atoms with E-state index in [1.54, 1.807) is 6.20 Å². The van der Waals surface area contributed by atoms with Crippen molar-refractivity contribution in [2.75, 3.05) is 36.9 Å². The van der Waals surface area contributed by atoms with Gasteiger partial charge in [-0.2, -0.15) is 0 Å². The molecule has 170 valence electrons. The molecule has 0 radical (unpaired) electrons. The average molecular weight is 456 g/mol. The predicted molar refractivity (Wildman–Crippen MR) is 125 cm³/mol. The number of nitrogens with two attached hydrogens (primary N) is 1. The van der Waals surface area contributed by atoms with Crippen molar-refractivity contribution >= 4 is 29.0 Å². The number of halogens is 1. The molecule has 0 unspecified atom stereocenters. The van der Waals surface area contributed by atoms with Gasteiger partial charge in [-0.3, -0.25) is 4.79 Å². The Morgan fingerprint density at radius 3 is 2.72 bits per heavy atom. The first-order valence-corrected chi connectivity index (χ1v) is 12.0. The third kappa shape index (κ3) is 4.55.